The molecule has 0 atom stereocenters. The highest BCUT2D eigenvalue weighted by Gasteiger charge is 2.16. The van der Waals surface area contributed by atoms with Crippen molar-refractivity contribution in [2.24, 2.45) is 0 Å². The fourth-order valence-electron chi connectivity index (χ4n) is 2.14. The summed E-state index contributed by atoms with van der Waals surface area (Å²) in [5.41, 5.74) is 2.52. The van der Waals surface area contributed by atoms with Crippen molar-refractivity contribution in [2.75, 3.05) is 19.0 Å². The molecule has 0 saturated carbocycles. The fourth-order valence-corrected chi connectivity index (χ4v) is 2.41. The average Bonchev–Trinajstić information content (AvgIpc) is 2.73. The van der Waals surface area contributed by atoms with Gasteiger partial charge in [0.25, 0.3) is 0 Å². The highest BCUT2D eigenvalue weighted by atomic mass is 79.9. The second-order valence-electron chi connectivity index (χ2n) is 4.68. The summed E-state index contributed by atoms with van der Waals surface area (Å²) in [5.74, 6) is 1.02. The standard InChI is InChI=1S/C13H15BrN4/c1-17-7-11-8-18(16-13(11)15-9-17)6-10-2-4-12(14)5-3-10/h2-5,8H,6-7,9H2,1H3,(H,15,16). The molecule has 1 N–H and O–H groups in total. The predicted molar refractivity (Wildman–Crippen MR) is 75.4 cm³/mol. The van der Waals surface area contributed by atoms with Gasteiger partial charge in [0.1, 0.15) is 0 Å². The molecule has 0 fully saturated rings. The SMILES string of the molecule is CN1CNc2nn(Cc3ccc(Br)cc3)cc2C1. The van der Waals surface area contributed by atoms with E-state index in [1.165, 1.54) is 11.1 Å². The van der Waals surface area contributed by atoms with Crippen molar-refractivity contribution in [3.05, 3.63) is 46.1 Å². The summed E-state index contributed by atoms with van der Waals surface area (Å²) in [6, 6.07) is 8.35. The van der Waals surface area contributed by atoms with Crippen molar-refractivity contribution in [3.63, 3.8) is 0 Å². The van der Waals surface area contributed by atoms with Crippen LogP contribution in [0.5, 0.6) is 0 Å². The van der Waals surface area contributed by atoms with E-state index in [-0.39, 0.29) is 0 Å². The number of aromatic nitrogens is 2. The first kappa shape index (κ1) is 11.7. The lowest BCUT2D eigenvalue weighted by atomic mass is 10.2. The third-order valence-corrected chi connectivity index (χ3v) is 3.58. The van der Waals surface area contributed by atoms with Gasteiger partial charge < -0.3 is 5.32 Å². The average molecular weight is 307 g/mol. The number of nitrogens with one attached hydrogen (secondary N) is 1. The number of hydrogen-bond acceptors (Lipinski definition) is 3. The minimum atomic E-state index is 0.811. The zero-order valence-electron chi connectivity index (χ0n) is 10.2. The van der Waals surface area contributed by atoms with Crippen LogP contribution in [-0.2, 0) is 13.1 Å². The Kier molecular flexibility index (Phi) is 3.09. The van der Waals surface area contributed by atoms with Gasteiger partial charge >= 0.3 is 0 Å². The Labute approximate surface area is 115 Å². The van der Waals surface area contributed by atoms with E-state index >= 15 is 0 Å². The zero-order valence-corrected chi connectivity index (χ0v) is 11.8. The molecule has 1 aromatic heterocycles. The molecule has 0 amide bonds. The van der Waals surface area contributed by atoms with Crippen LogP contribution in [0.25, 0.3) is 0 Å². The van der Waals surface area contributed by atoms with Crippen LogP contribution < -0.4 is 5.32 Å². The predicted octanol–water partition coefficient (Wildman–Crippen LogP) is 2.51. The van der Waals surface area contributed by atoms with Crippen LogP contribution in [0, 0.1) is 0 Å². The maximum atomic E-state index is 4.57. The Morgan fingerprint density at radius 1 is 1.33 bits per heavy atom. The maximum Gasteiger partial charge on any atom is 0.153 e. The molecule has 3 rings (SSSR count). The van der Waals surface area contributed by atoms with E-state index in [4.69, 9.17) is 0 Å². The molecule has 2 aromatic rings. The van der Waals surface area contributed by atoms with Gasteiger partial charge in [-0.1, -0.05) is 28.1 Å². The molecule has 0 radical (unpaired) electrons. The summed E-state index contributed by atoms with van der Waals surface area (Å²) in [7, 11) is 2.10. The Morgan fingerprint density at radius 3 is 2.89 bits per heavy atom. The Hall–Kier alpha value is -1.33. The van der Waals surface area contributed by atoms with Gasteiger partial charge in [0.15, 0.2) is 5.82 Å². The molecule has 0 saturated heterocycles. The lowest BCUT2D eigenvalue weighted by molar-refractivity contribution is 0.340. The molecule has 0 unspecified atom stereocenters. The van der Waals surface area contributed by atoms with Gasteiger partial charge in [0, 0.05) is 22.8 Å². The summed E-state index contributed by atoms with van der Waals surface area (Å²) < 4.78 is 3.11. The molecule has 4 nitrogen and oxygen atoms in total. The van der Waals surface area contributed by atoms with E-state index < -0.39 is 0 Å². The van der Waals surface area contributed by atoms with E-state index in [1.807, 2.05) is 4.68 Å². The Bertz CT molecular complexity index is 547. The summed E-state index contributed by atoms with van der Waals surface area (Å²) in [4.78, 5) is 2.23. The molecule has 0 spiro atoms. The van der Waals surface area contributed by atoms with Crippen LogP contribution in [0.2, 0.25) is 0 Å². The first-order chi connectivity index (χ1) is 8.70. The number of anilines is 1. The lowest BCUT2D eigenvalue weighted by Crippen LogP contribution is -2.29. The number of hydrogen-bond donors (Lipinski definition) is 1. The van der Waals surface area contributed by atoms with Crippen LogP contribution in [0.15, 0.2) is 34.9 Å². The second-order valence-corrected chi connectivity index (χ2v) is 5.59. The van der Waals surface area contributed by atoms with E-state index in [0.717, 1.165) is 30.0 Å². The smallest absolute Gasteiger partial charge is 0.153 e. The first-order valence-electron chi connectivity index (χ1n) is 5.94. The number of benzene rings is 1. The Balaban J connectivity index is 1.79. The Morgan fingerprint density at radius 2 is 2.11 bits per heavy atom. The molecule has 1 aliphatic rings. The normalized spacial score (nSPS) is 15.2. The molecular formula is C13H15BrN4. The van der Waals surface area contributed by atoms with Gasteiger partial charge in [-0.05, 0) is 24.7 Å². The number of fused-ring (bicyclic) bond motifs is 1. The lowest BCUT2D eigenvalue weighted by Gasteiger charge is -2.22. The van der Waals surface area contributed by atoms with Gasteiger partial charge in [-0.3, -0.25) is 9.58 Å². The van der Waals surface area contributed by atoms with Crippen molar-refractivity contribution >= 4 is 21.7 Å². The largest absolute Gasteiger partial charge is 0.356 e. The third-order valence-electron chi connectivity index (χ3n) is 3.05. The zero-order chi connectivity index (χ0) is 12.5. The quantitative estimate of drug-likeness (QED) is 0.925. The van der Waals surface area contributed by atoms with E-state index in [1.54, 1.807) is 0 Å². The molecule has 1 aromatic carbocycles. The number of nitrogens with zero attached hydrogens (tertiary/aromatic N) is 3. The van der Waals surface area contributed by atoms with Crippen molar-refractivity contribution in [3.8, 4) is 0 Å². The summed E-state index contributed by atoms with van der Waals surface area (Å²) in [5, 5.41) is 7.88. The van der Waals surface area contributed by atoms with E-state index in [2.05, 4.69) is 68.8 Å². The second kappa shape index (κ2) is 4.74. The summed E-state index contributed by atoms with van der Waals surface area (Å²) in [6.07, 6.45) is 2.13. The van der Waals surface area contributed by atoms with Gasteiger partial charge in [0.05, 0.1) is 13.2 Å². The van der Waals surface area contributed by atoms with Crippen LogP contribution in [-0.4, -0.2) is 28.4 Å². The third kappa shape index (κ3) is 2.42. The maximum absolute atomic E-state index is 4.57. The molecule has 94 valence electrons. The van der Waals surface area contributed by atoms with Gasteiger partial charge in [0.2, 0.25) is 0 Å². The minimum absolute atomic E-state index is 0.811. The fraction of sp³-hybridized carbons (Fsp3) is 0.308. The molecule has 0 aliphatic carbocycles. The molecule has 0 bridgehead atoms. The molecule has 1 aliphatic heterocycles. The highest BCUT2D eigenvalue weighted by Crippen LogP contribution is 2.20. The summed E-state index contributed by atoms with van der Waals surface area (Å²) >= 11 is 3.45. The van der Waals surface area contributed by atoms with Crippen molar-refractivity contribution in [1.82, 2.24) is 14.7 Å². The molecule has 2 heterocycles. The van der Waals surface area contributed by atoms with Crippen LogP contribution in [0.1, 0.15) is 11.1 Å². The molecular weight excluding hydrogens is 292 g/mol. The molecule has 18 heavy (non-hydrogen) atoms. The highest BCUT2D eigenvalue weighted by molar-refractivity contribution is 9.10. The first-order valence-corrected chi connectivity index (χ1v) is 6.73. The van der Waals surface area contributed by atoms with Crippen LogP contribution in [0.3, 0.4) is 0 Å². The minimum Gasteiger partial charge on any atom is -0.356 e. The van der Waals surface area contributed by atoms with Crippen molar-refractivity contribution in [2.45, 2.75) is 13.1 Å². The van der Waals surface area contributed by atoms with Gasteiger partial charge in [-0.25, -0.2) is 0 Å². The van der Waals surface area contributed by atoms with Crippen LogP contribution >= 0.6 is 15.9 Å². The monoisotopic (exact) mass is 306 g/mol. The molecule has 5 heteroatoms. The van der Waals surface area contributed by atoms with E-state index in [9.17, 15) is 0 Å². The van der Waals surface area contributed by atoms with Gasteiger partial charge in [-0.2, -0.15) is 5.10 Å². The van der Waals surface area contributed by atoms with Crippen molar-refractivity contribution in [1.29, 1.82) is 0 Å². The summed E-state index contributed by atoms with van der Waals surface area (Å²) in [6.45, 7) is 2.64. The number of rotatable bonds is 2. The van der Waals surface area contributed by atoms with Gasteiger partial charge in [-0.15, -0.1) is 0 Å². The topological polar surface area (TPSA) is 33.1 Å². The van der Waals surface area contributed by atoms with Crippen molar-refractivity contribution < 1.29 is 0 Å². The number of halogens is 1. The van der Waals surface area contributed by atoms with E-state index in [0.29, 0.717) is 0 Å². The van der Waals surface area contributed by atoms with Crippen LogP contribution in [0.4, 0.5) is 5.82 Å².